The van der Waals surface area contributed by atoms with Crippen LogP contribution in [0, 0.1) is 0 Å². The van der Waals surface area contributed by atoms with Gasteiger partial charge in [-0.05, 0) is 18.6 Å². The van der Waals surface area contributed by atoms with Gasteiger partial charge in [-0.2, -0.15) is 4.98 Å². The lowest BCUT2D eigenvalue weighted by atomic mass is 10.3. The van der Waals surface area contributed by atoms with Crippen LogP contribution in [0.15, 0.2) is 18.3 Å². The van der Waals surface area contributed by atoms with Crippen molar-refractivity contribution in [1.29, 1.82) is 0 Å². The Hall–Kier alpha value is -1.33. The third-order valence-corrected chi connectivity index (χ3v) is 2.77. The number of fused-ring (bicyclic) bond motifs is 1. The second-order valence-corrected chi connectivity index (χ2v) is 3.93. The van der Waals surface area contributed by atoms with Crippen LogP contribution in [0.3, 0.4) is 0 Å². The molecule has 0 amide bonds. The first-order chi connectivity index (χ1) is 7.33. The molecule has 3 heterocycles. The molecular weight excluding hydrogens is 226 g/mol. The first kappa shape index (κ1) is 11.2. The lowest BCUT2D eigenvalue weighted by Crippen LogP contribution is -2.26. The van der Waals surface area contributed by atoms with Gasteiger partial charge in [0.05, 0.1) is 5.52 Å². The molecule has 0 bridgehead atoms. The van der Waals surface area contributed by atoms with Gasteiger partial charge in [0.1, 0.15) is 0 Å². The molecule has 6 heteroatoms. The van der Waals surface area contributed by atoms with Crippen LogP contribution < -0.4 is 10.6 Å². The Morgan fingerprint density at radius 3 is 3.06 bits per heavy atom. The summed E-state index contributed by atoms with van der Waals surface area (Å²) in [4.78, 5) is 14.1. The molecule has 1 atom stereocenters. The van der Waals surface area contributed by atoms with Crippen molar-refractivity contribution in [1.82, 2.24) is 15.0 Å². The molecule has 0 saturated carbocycles. The van der Waals surface area contributed by atoms with Gasteiger partial charge < -0.3 is 15.6 Å². The van der Waals surface area contributed by atoms with Gasteiger partial charge in [-0.15, -0.1) is 12.4 Å². The molecule has 86 valence electrons. The fourth-order valence-electron chi connectivity index (χ4n) is 1.96. The molecule has 16 heavy (non-hydrogen) atoms. The Bertz CT molecular complexity index is 450. The summed E-state index contributed by atoms with van der Waals surface area (Å²) in [5, 5.41) is 0. The smallest absolute Gasteiger partial charge is 0.205 e. The number of hydrogen-bond acceptors (Lipinski definition) is 4. The van der Waals surface area contributed by atoms with E-state index in [0.717, 1.165) is 36.6 Å². The van der Waals surface area contributed by atoms with E-state index in [1.807, 2.05) is 12.1 Å². The molecule has 0 aromatic carbocycles. The number of H-pyrrole nitrogens is 1. The minimum absolute atomic E-state index is 0. The Balaban J connectivity index is 0.000000963. The van der Waals surface area contributed by atoms with Crippen molar-refractivity contribution in [3.05, 3.63) is 18.3 Å². The molecule has 3 N–H and O–H groups in total. The van der Waals surface area contributed by atoms with Crippen molar-refractivity contribution < 1.29 is 0 Å². The van der Waals surface area contributed by atoms with Crippen LogP contribution in [0.4, 0.5) is 5.95 Å². The predicted octanol–water partition coefficient (Wildman–Crippen LogP) is 0.917. The van der Waals surface area contributed by atoms with Crippen molar-refractivity contribution in [2.75, 3.05) is 18.0 Å². The van der Waals surface area contributed by atoms with E-state index in [1.165, 1.54) is 0 Å². The molecule has 0 aliphatic carbocycles. The van der Waals surface area contributed by atoms with Crippen LogP contribution in [0.2, 0.25) is 0 Å². The van der Waals surface area contributed by atoms with Gasteiger partial charge in [0.25, 0.3) is 0 Å². The summed E-state index contributed by atoms with van der Waals surface area (Å²) in [6, 6.07) is 4.15. The first-order valence-electron chi connectivity index (χ1n) is 5.14. The van der Waals surface area contributed by atoms with E-state index in [4.69, 9.17) is 5.73 Å². The van der Waals surface area contributed by atoms with Crippen molar-refractivity contribution >= 4 is 29.5 Å². The van der Waals surface area contributed by atoms with Crippen molar-refractivity contribution in [3.63, 3.8) is 0 Å². The zero-order valence-corrected chi connectivity index (χ0v) is 9.57. The highest BCUT2D eigenvalue weighted by atomic mass is 35.5. The van der Waals surface area contributed by atoms with Gasteiger partial charge in [0.2, 0.25) is 5.95 Å². The SMILES string of the molecule is Cl.N[C@@H]1CCN(c2nc3ncccc3[nH]2)C1. The van der Waals surface area contributed by atoms with Crippen LogP contribution in [0.1, 0.15) is 6.42 Å². The van der Waals surface area contributed by atoms with Crippen molar-refractivity contribution in [2.45, 2.75) is 12.5 Å². The van der Waals surface area contributed by atoms with Gasteiger partial charge in [0.15, 0.2) is 5.65 Å². The Labute approximate surface area is 99.5 Å². The number of aromatic nitrogens is 3. The maximum absolute atomic E-state index is 5.86. The number of nitrogens with two attached hydrogens (primary N) is 1. The van der Waals surface area contributed by atoms with Gasteiger partial charge in [0, 0.05) is 25.3 Å². The quantitative estimate of drug-likeness (QED) is 0.776. The molecule has 1 aliphatic heterocycles. The predicted molar refractivity (Wildman–Crippen MR) is 65.9 cm³/mol. The summed E-state index contributed by atoms with van der Waals surface area (Å²) in [6.07, 6.45) is 2.78. The second kappa shape index (κ2) is 4.27. The van der Waals surface area contributed by atoms with E-state index in [1.54, 1.807) is 6.20 Å². The molecule has 2 aromatic heterocycles. The van der Waals surface area contributed by atoms with E-state index < -0.39 is 0 Å². The van der Waals surface area contributed by atoms with Gasteiger partial charge in [-0.3, -0.25) is 0 Å². The maximum atomic E-state index is 5.86. The molecular formula is C10H14ClN5. The number of pyridine rings is 1. The van der Waals surface area contributed by atoms with Gasteiger partial charge in [-0.25, -0.2) is 4.98 Å². The van der Waals surface area contributed by atoms with E-state index in [0.29, 0.717) is 0 Å². The number of anilines is 1. The third-order valence-electron chi connectivity index (χ3n) is 2.77. The number of nitrogens with zero attached hydrogens (tertiary/aromatic N) is 3. The van der Waals surface area contributed by atoms with Crippen molar-refractivity contribution in [2.24, 2.45) is 5.73 Å². The summed E-state index contributed by atoms with van der Waals surface area (Å²) in [5.74, 6) is 0.886. The highest BCUT2D eigenvalue weighted by Gasteiger charge is 2.21. The highest BCUT2D eigenvalue weighted by Crippen LogP contribution is 2.18. The Morgan fingerprint density at radius 2 is 2.38 bits per heavy atom. The minimum atomic E-state index is 0. The third kappa shape index (κ3) is 1.83. The molecule has 0 unspecified atom stereocenters. The topological polar surface area (TPSA) is 70.8 Å². The van der Waals surface area contributed by atoms with Crippen LogP contribution in [0.5, 0.6) is 0 Å². The number of hydrogen-bond donors (Lipinski definition) is 2. The Kier molecular flexibility index (Phi) is 2.98. The zero-order valence-electron chi connectivity index (χ0n) is 8.76. The average molecular weight is 240 g/mol. The number of imidazole rings is 1. The fourth-order valence-corrected chi connectivity index (χ4v) is 1.96. The van der Waals surface area contributed by atoms with Crippen LogP contribution in [-0.2, 0) is 0 Å². The fraction of sp³-hybridized carbons (Fsp3) is 0.400. The first-order valence-corrected chi connectivity index (χ1v) is 5.14. The number of rotatable bonds is 1. The van der Waals surface area contributed by atoms with E-state index in [9.17, 15) is 0 Å². The summed E-state index contributed by atoms with van der Waals surface area (Å²) in [6.45, 7) is 1.85. The number of aromatic amines is 1. The molecule has 1 saturated heterocycles. The minimum Gasteiger partial charge on any atom is -0.341 e. The van der Waals surface area contributed by atoms with Gasteiger partial charge in [-0.1, -0.05) is 0 Å². The largest absolute Gasteiger partial charge is 0.341 e. The number of halogens is 1. The summed E-state index contributed by atoms with van der Waals surface area (Å²) >= 11 is 0. The maximum Gasteiger partial charge on any atom is 0.205 e. The standard InChI is InChI=1S/C10H13N5.ClH/c11-7-3-5-15(6-7)10-13-8-2-1-4-12-9(8)14-10;/h1-2,4,7H,3,5-6,11H2,(H,12,13,14);1H/t7-;/m1./s1. The van der Waals surface area contributed by atoms with Crippen LogP contribution >= 0.6 is 12.4 Å². The van der Waals surface area contributed by atoms with E-state index in [-0.39, 0.29) is 18.4 Å². The van der Waals surface area contributed by atoms with Crippen LogP contribution in [0.25, 0.3) is 11.2 Å². The van der Waals surface area contributed by atoms with Crippen LogP contribution in [-0.4, -0.2) is 34.1 Å². The normalized spacial score (nSPS) is 20.1. The molecule has 2 aromatic rings. The van der Waals surface area contributed by atoms with E-state index in [2.05, 4.69) is 19.9 Å². The summed E-state index contributed by atoms with van der Waals surface area (Å²) < 4.78 is 0. The lowest BCUT2D eigenvalue weighted by Gasteiger charge is -2.12. The lowest BCUT2D eigenvalue weighted by molar-refractivity contribution is 0.751. The summed E-state index contributed by atoms with van der Waals surface area (Å²) in [7, 11) is 0. The van der Waals surface area contributed by atoms with Crippen molar-refractivity contribution in [3.8, 4) is 0 Å². The van der Waals surface area contributed by atoms with E-state index >= 15 is 0 Å². The summed E-state index contributed by atoms with van der Waals surface area (Å²) in [5.41, 5.74) is 7.61. The molecule has 1 fully saturated rings. The number of nitrogens with one attached hydrogen (secondary N) is 1. The molecule has 0 spiro atoms. The molecule has 3 rings (SSSR count). The monoisotopic (exact) mass is 239 g/mol. The highest BCUT2D eigenvalue weighted by molar-refractivity contribution is 5.85. The second-order valence-electron chi connectivity index (χ2n) is 3.93. The molecule has 0 radical (unpaired) electrons. The zero-order chi connectivity index (χ0) is 10.3. The van der Waals surface area contributed by atoms with Gasteiger partial charge >= 0.3 is 0 Å². The Morgan fingerprint density at radius 1 is 1.50 bits per heavy atom. The average Bonchev–Trinajstić information content (AvgIpc) is 2.82. The molecule has 5 nitrogen and oxygen atoms in total. The molecule has 1 aliphatic rings.